The van der Waals surface area contributed by atoms with Gasteiger partial charge in [0.15, 0.2) is 0 Å². The number of nitrogens with zero attached hydrogens (tertiary/aromatic N) is 4. The smallest absolute Gasteiger partial charge is 0.236 e. The molecule has 0 bridgehead atoms. The van der Waals surface area contributed by atoms with Crippen LogP contribution in [0.4, 0.5) is 0 Å². The fourth-order valence-corrected chi connectivity index (χ4v) is 5.75. The average molecular weight is 440 g/mol. The molecule has 1 amide bonds. The summed E-state index contributed by atoms with van der Waals surface area (Å²) in [5.41, 5.74) is 6.84. The van der Waals surface area contributed by atoms with Crippen LogP contribution in [0.1, 0.15) is 60.5 Å². The van der Waals surface area contributed by atoms with E-state index in [1.807, 2.05) is 37.7 Å². The number of likely N-dealkylation sites (tertiary alicyclic amines) is 1. The molecule has 4 rings (SSSR count). The largest absolute Gasteiger partial charge is 0.345 e. The number of thiazole rings is 1. The van der Waals surface area contributed by atoms with Crippen molar-refractivity contribution in [3.63, 3.8) is 0 Å². The first-order valence-electron chi connectivity index (χ1n) is 11.1. The molecule has 1 aliphatic rings. The van der Waals surface area contributed by atoms with E-state index in [1.54, 1.807) is 11.3 Å². The summed E-state index contributed by atoms with van der Waals surface area (Å²) < 4.78 is 0. The minimum absolute atomic E-state index is 0.226. The van der Waals surface area contributed by atoms with Crippen molar-refractivity contribution >= 4 is 27.6 Å². The minimum atomic E-state index is 0.226. The molecule has 166 valence electrons. The van der Waals surface area contributed by atoms with Gasteiger partial charge in [0.25, 0.3) is 0 Å². The van der Waals surface area contributed by atoms with Crippen LogP contribution in [0, 0.1) is 13.8 Å². The topological polar surface area (TPSA) is 65.1 Å². The number of aromatic nitrogens is 3. The second-order valence-corrected chi connectivity index (χ2v) is 10.4. The van der Waals surface area contributed by atoms with Crippen LogP contribution >= 0.6 is 11.3 Å². The number of piperidine rings is 1. The molecule has 3 aromatic heterocycles. The summed E-state index contributed by atoms with van der Waals surface area (Å²) in [6.07, 6.45) is 1.98. The van der Waals surface area contributed by atoms with Crippen LogP contribution in [0.5, 0.6) is 0 Å². The third-order valence-corrected chi connectivity index (χ3v) is 7.14. The molecule has 0 saturated carbocycles. The molecule has 1 saturated heterocycles. The highest BCUT2D eigenvalue weighted by Crippen LogP contribution is 2.40. The van der Waals surface area contributed by atoms with Crippen LogP contribution in [-0.4, -0.2) is 64.4 Å². The van der Waals surface area contributed by atoms with Gasteiger partial charge in [-0.05, 0) is 58.8 Å². The second kappa shape index (κ2) is 8.71. The highest BCUT2D eigenvalue weighted by atomic mass is 32.1. The number of pyridine rings is 1. The number of aromatic amines is 1. The first kappa shape index (κ1) is 22.0. The van der Waals surface area contributed by atoms with Crippen LogP contribution in [0.15, 0.2) is 12.1 Å². The summed E-state index contributed by atoms with van der Waals surface area (Å²) >= 11 is 1.79. The van der Waals surface area contributed by atoms with Crippen molar-refractivity contribution in [3.05, 3.63) is 34.1 Å². The van der Waals surface area contributed by atoms with Gasteiger partial charge in [-0.3, -0.25) is 9.78 Å². The van der Waals surface area contributed by atoms with E-state index in [2.05, 4.69) is 35.9 Å². The zero-order chi connectivity index (χ0) is 22.3. The van der Waals surface area contributed by atoms with Gasteiger partial charge in [0.2, 0.25) is 5.91 Å². The second-order valence-electron chi connectivity index (χ2n) is 9.33. The molecule has 1 aliphatic heterocycles. The maximum Gasteiger partial charge on any atom is 0.236 e. The fourth-order valence-electron chi connectivity index (χ4n) is 4.59. The number of nitrogens with one attached hydrogen (secondary N) is 1. The van der Waals surface area contributed by atoms with Gasteiger partial charge in [0.1, 0.15) is 10.3 Å². The number of amides is 1. The highest BCUT2D eigenvalue weighted by molar-refractivity contribution is 7.18. The fraction of sp³-hybridized carbons (Fsp3) is 0.542. The summed E-state index contributed by atoms with van der Waals surface area (Å²) in [4.78, 5) is 30.8. The highest BCUT2D eigenvalue weighted by Gasteiger charge is 2.28. The van der Waals surface area contributed by atoms with E-state index < -0.39 is 0 Å². The van der Waals surface area contributed by atoms with Gasteiger partial charge in [-0.25, -0.2) is 4.98 Å². The Balaban J connectivity index is 1.59. The maximum absolute atomic E-state index is 12.4. The molecular formula is C24H33N5OS. The Morgan fingerprint density at radius 2 is 1.84 bits per heavy atom. The summed E-state index contributed by atoms with van der Waals surface area (Å²) in [7, 11) is 3.88. The number of carbonyl (C=O) groups excluding carboxylic acids is 1. The molecule has 6 nitrogen and oxygen atoms in total. The Bertz CT molecular complexity index is 1070. The van der Waals surface area contributed by atoms with Gasteiger partial charge in [-0.2, -0.15) is 0 Å². The maximum atomic E-state index is 12.4. The standard InChI is InChI=1S/C24H33N5OS/c1-14(2)20-21(18-11-15(3)25-16(4)12-18)26-24-22(20)27-23(31-24)17-7-9-29(10-8-17)19(30)13-28(5)6/h11-12,14,17,26H,7-10,13H2,1-6H3. The van der Waals surface area contributed by atoms with Crippen LogP contribution in [0.2, 0.25) is 0 Å². The van der Waals surface area contributed by atoms with Gasteiger partial charge in [0.05, 0.1) is 17.2 Å². The Kier molecular flexibility index (Phi) is 6.17. The van der Waals surface area contributed by atoms with Gasteiger partial charge < -0.3 is 14.8 Å². The Hall–Kier alpha value is -2.25. The SMILES string of the molecule is Cc1cc(-c2[nH]c3sc(C4CCN(C(=O)CN(C)C)CC4)nc3c2C(C)C)cc(C)n1. The number of hydrogen-bond donors (Lipinski definition) is 1. The van der Waals surface area contributed by atoms with Gasteiger partial charge in [0, 0.05) is 41.5 Å². The van der Waals surface area contributed by atoms with Crippen molar-refractivity contribution in [1.82, 2.24) is 24.8 Å². The van der Waals surface area contributed by atoms with Gasteiger partial charge >= 0.3 is 0 Å². The molecule has 4 heterocycles. The Morgan fingerprint density at radius 1 is 1.19 bits per heavy atom. The minimum Gasteiger partial charge on any atom is -0.345 e. The molecule has 0 aliphatic carbocycles. The van der Waals surface area contributed by atoms with E-state index >= 15 is 0 Å². The number of H-pyrrole nitrogens is 1. The van der Waals surface area contributed by atoms with E-state index in [9.17, 15) is 4.79 Å². The third kappa shape index (κ3) is 4.53. The van der Waals surface area contributed by atoms with Crippen molar-refractivity contribution in [2.45, 2.75) is 52.4 Å². The number of aryl methyl sites for hydroxylation is 2. The lowest BCUT2D eigenvalue weighted by atomic mass is 9.97. The summed E-state index contributed by atoms with van der Waals surface area (Å²) in [6.45, 7) is 10.7. The lowest BCUT2D eigenvalue weighted by Crippen LogP contribution is -2.42. The summed E-state index contributed by atoms with van der Waals surface area (Å²) in [5.74, 6) is 1.03. The molecule has 0 radical (unpaired) electrons. The lowest BCUT2D eigenvalue weighted by Gasteiger charge is -2.31. The van der Waals surface area contributed by atoms with Crippen molar-refractivity contribution in [2.24, 2.45) is 0 Å². The van der Waals surface area contributed by atoms with Crippen LogP contribution in [-0.2, 0) is 4.79 Å². The van der Waals surface area contributed by atoms with Gasteiger partial charge in [-0.15, -0.1) is 11.3 Å². The number of likely N-dealkylation sites (N-methyl/N-ethyl adjacent to an activating group) is 1. The van der Waals surface area contributed by atoms with Crippen molar-refractivity contribution in [2.75, 3.05) is 33.7 Å². The third-order valence-electron chi connectivity index (χ3n) is 6.00. The van der Waals surface area contributed by atoms with E-state index in [0.717, 1.165) is 47.7 Å². The number of rotatable bonds is 5. The lowest BCUT2D eigenvalue weighted by molar-refractivity contribution is -0.132. The Morgan fingerprint density at radius 3 is 2.42 bits per heavy atom. The molecule has 31 heavy (non-hydrogen) atoms. The molecule has 3 aromatic rings. The number of hydrogen-bond acceptors (Lipinski definition) is 5. The number of fused-ring (bicyclic) bond motifs is 1. The quantitative estimate of drug-likeness (QED) is 0.626. The van der Waals surface area contributed by atoms with Crippen molar-refractivity contribution < 1.29 is 4.79 Å². The molecule has 1 N–H and O–H groups in total. The van der Waals surface area contributed by atoms with Crippen LogP contribution < -0.4 is 0 Å². The van der Waals surface area contributed by atoms with E-state index in [-0.39, 0.29) is 5.91 Å². The number of carbonyl (C=O) groups is 1. The molecule has 0 spiro atoms. The van der Waals surface area contributed by atoms with Crippen molar-refractivity contribution in [3.8, 4) is 11.3 Å². The summed E-state index contributed by atoms with van der Waals surface area (Å²) in [5, 5.41) is 1.21. The van der Waals surface area contributed by atoms with E-state index in [0.29, 0.717) is 18.4 Å². The molecule has 0 unspecified atom stereocenters. The molecule has 0 aromatic carbocycles. The first-order valence-corrected chi connectivity index (χ1v) is 11.9. The van der Waals surface area contributed by atoms with Crippen molar-refractivity contribution in [1.29, 1.82) is 0 Å². The van der Waals surface area contributed by atoms with E-state index in [1.165, 1.54) is 21.8 Å². The monoisotopic (exact) mass is 439 g/mol. The molecular weight excluding hydrogens is 406 g/mol. The predicted octanol–water partition coefficient (Wildman–Crippen LogP) is 4.69. The Labute approximate surface area is 188 Å². The normalized spacial score (nSPS) is 15.5. The van der Waals surface area contributed by atoms with Crippen LogP contribution in [0.25, 0.3) is 21.6 Å². The zero-order valence-corrected chi connectivity index (χ0v) is 20.3. The van der Waals surface area contributed by atoms with Gasteiger partial charge in [-0.1, -0.05) is 13.8 Å². The predicted molar refractivity (Wildman–Crippen MR) is 128 cm³/mol. The average Bonchev–Trinajstić information content (AvgIpc) is 3.24. The molecule has 0 atom stereocenters. The first-order chi connectivity index (χ1) is 14.7. The van der Waals surface area contributed by atoms with Crippen LogP contribution in [0.3, 0.4) is 0 Å². The molecule has 7 heteroatoms. The summed E-state index contributed by atoms with van der Waals surface area (Å²) in [6, 6.07) is 4.30. The zero-order valence-electron chi connectivity index (χ0n) is 19.5. The molecule has 1 fully saturated rings. The van der Waals surface area contributed by atoms with E-state index in [4.69, 9.17) is 4.98 Å².